The maximum Gasteiger partial charge on any atom is 0.293 e. The van der Waals surface area contributed by atoms with Crippen LogP contribution in [0.3, 0.4) is 0 Å². The summed E-state index contributed by atoms with van der Waals surface area (Å²) >= 11 is 0. The number of rotatable bonds is 7. The largest absolute Gasteiger partial charge is 0.497 e. The zero-order chi connectivity index (χ0) is 19.3. The molecule has 0 heterocycles. The Hall–Kier alpha value is -3.42. The van der Waals surface area contributed by atoms with Crippen molar-refractivity contribution < 1.29 is 19.2 Å². The molecule has 2 aromatic rings. The third-order valence-corrected chi connectivity index (χ3v) is 3.74. The molecule has 0 atom stereocenters. The van der Waals surface area contributed by atoms with Crippen molar-refractivity contribution in [1.82, 2.24) is 0 Å². The number of nitro benzene ring substituents is 1. The van der Waals surface area contributed by atoms with Crippen molar-refractivity contribution in [3.8, 4) is 5.75 Å². The highest BCUT2D eigenvalue weighted by molar-refractivity contribution is 5.97. The highest BCUT2D eigenvalue weighted by atomic mass is 16.6. The average molecular weight is 357 g/mol. The Morgan fingerprint density at radius 1 is 1.19 bits per heavy atom. The Labute approximate surface area is 150 Å². The van der Waals surface area contributed by atoms with E-state index in [0.717, 1.165) is 0 Å². The molecule has 0 aliphatic heterocycles. The molecule has 0 saturated carbocycles. The number of amides is 1. The van der Waals surface area contributed by atoms with Crippen molar-refractivity contribution in [3.63, 3.8) is 0 Å². The van der Waals surface area contributed by atoms with Crippen molar-refractivity contribution in [2.75, 3.05) is 30.9 Å². The van der Waals surface area contributed by atoms with Gasteiger partial charge in [-0.25, -0.2) is 0 Å². The van der Waals surface area contributed by atoms with E-state index in [1.165, 1.54) is 30.0 Å². The van der Waals surface area contributed by atoms with Crippen molar-refractivity contribution in [2.24, 2.45) is 0 Å². The molecule has 26 heavy (non-hydrogen) atoms. The number of carbonyl (C=O) groups excluding carboxylic acids is 2. The Morgan fingerprint density at radius 2 is 1.85 bits per heavy atom. The molecule has 0 aliphatic rings. The highest BCUT2D eigenvalue weighted by Gasteiger charge is 2.20. The molecule has 0 radical (unpaired) electrons. The van der Waals surface area contributed by atoms with Crippen LogP contribution in [0.2, 0.25) is 0 Å². The summed E-state index contributed by atoms with van der Waals surface area (Å²) < 4.78 is 5.05. The molecular weight excluding hydrogens is 338 g/mol. The maximum atomic E-state index is 12.2. The van der Waals surface area contributed by atoms with E-state index in [-0.39, 0.29) is 35.2 Å². The maximum absolute atomic E-state index is 12.2. The van der Waals surface area contributed by atoms with Crippen LogP contribution < -0.4 is 15.0 Å². The number of ether oxygens (including phenoxy) is 1. The number of Topliss-reactive ketones (excluding diaryl/α,β-unsaturated/α-hetero) is 1. The molecule has 0 fully saturated rings. The van der Waals surface area contributed by atoms with Crippen molar-refractivity contribution >= 4 is 28.8 Å². The predicted octanol–water partition coefficient (Wildman–Crippen LogP) is 2.88. The number of carbonyl (C=O) groups is 2. The molecule has 0 aromatic heterocycles. The van der Waals surface area contributed by atoms with Crippen LogP contribution in [0.15, 0.2) is 42.5 Å². The Bertz CT molecular complexity index is 833. The normalized spacial score (nSPS) is 10.1. The SMILES string of the molecule is COc1ccc(NC(=O)CN(C)c2ccc(C(C)=O)cc2[N+](=O)[O-])cc1. The van der Waals surface area contributed by atoms with E-state index in [2.05, 4.69) is 5.32 Å². The minimum absolute atomic E-state index is 0.0910. The summed E-state index contributed by atoms with van der Waals surface area (Å²) in [5.41, 5.74) is 0.865. The van der Waals surface area contributed by atoms with Gasteiger partial charge in [-0.2, -0.15) is 0 Å². The van der Waals surface area contributed by atoms with Gasteiger partial charge in [0.05, 0.1) is 18.6 Å². The lowest BCUT2D eigenvalue weighted by molar-refractivity contribution is -0.384. The number of nitrogens with one attached hydrogen (secondary N) is 1. The number of nitro groups is 1. The van der Waals surface area contributed by atoms with Gasteiger partial charge in [0.15, 0.2) is 5.78 Å². The number of nitrogens with zero attached hydrogens (tertiary/aromatic N) is 2. The van der Waals surface area contributed by atoms with Crippen molar-refractivity contribution in [2.45, 2.75) is 6.92 Å². The third kappa shape index (κ3) is 4.56. The molecule has 1 amide bonds. The lowest BCUT2D eigenvalue weighted by Gasteiger charge is -2.19. The van der Waals surface area contributed by atoms with Crippen LogP contribution in [0.5, 0.6) is 5.75 Å². The summed E-state index contributed by atoms with van der Waals surface area (Å²) in [6.07, 6.45) is 0. The topological polar surface area (TPSA) is 102 Å². The van der Waals surface area contributed by atoms with E-state index in [0.29, 0.717) is 11.4 Å². The first-order valence-corrected chi connectivity index (χ1v) is 7.76. The summed E-state index contributed by atoms with van der Waals surface area (Å²) in [6.45, 7) is 1.25. The minimum Gasteiger partial charge on any atom is -0.497 e. The number of hydrogen-bond donors (Lipinski definition) is 1. The van der Waals surface area contributed by atoms with Gasteiger partial charge >= 0.3 is 0 Å². The number of ketones is 1. The Kier molecular flexibility index (Phi) is 5.90. The van der Waals surface area contributed by atoms with E-state index in [4.69, 9.17) is 4.74 Å². The van der Waals surface area contributed by atoms with Gasteiger partial charge in [0, 0.05) is 24.4 Å². The van der Waals surface area contributed by atoms with Crippen LogP contribution in [0.25, 0.3) is 0 Å². The number of anilines is 2. The van der Waals surface area contributed by atoms with Gasteiger partial charge < -0.3 is 15.0 Å². The zero-order valence-corrected chi connectivity index (χ0v) is 14.7. The number of likely N-dealkylation sites (N-methyl/N-ethyl adjacent to an activating group) is 1. The van der Waals surface area contributed by atoms with E-state index in [1.54, 1.807) is 38.4 Å². The van der Waals surface area contributed by atoms with Gasteiger partial charge in [0.1, 0.15) is 11.4 Å². The fourth-order valence-electron chi connectivity index (χ4n) is 2.39. The van der Waals surface area contributed by atoms with Crippen LogP contribution in [0, 0.1) is 10.1 Å². The minimum atomic E-state index is -0.570. The van der Waals surface area contributed by atoms with Crippen LogP contribution in [-0.2, 0) is 4.79 Å². The number of benzene rings is 2. The molecule has 8 heteroatoms. The molecule has 136 valence electrons. The standard InChI is InChI=1S/C18H19N3O5/c1-12(22)13-4-9-16(17(10-13)21(24)25)20(2)11-18(23)19-14-5-7-15(26-3)8-6-14/h4-10H,11H2,1-3H3,(H,19,23). The highest BCUT2D eigenvalue weighted by Crippen LogP contribution is 2.28. The summed E-state index contributed by atoms with van der Waals surface area (Å²) in [5, 5.41) is 14.0. The summed E-state index contributed by atoms with van der Waals surface area (Å²) in [4.78, 5) is 35.8. The van der Waals surface area contributed by atoms with Crippen molar-refractivity contribution in [3.05, 3.63) is 58.1 Å². The number of hydrogen-bond acceptors (Lipinski definition) is 6. The molecule has 0 saturated heterocycles. The fourth-order valence-corrected chi connectivity index (χ4v) is 2.39. The quantitative estimate of drug-likeness (QED) is 0.464. The van der Waals surface area contributed by atoms with E-state index in [9.17, 15) is 19.7 Å². The summed E-state index contributed by atoms with van der Waals surface area (Å²) in [7, 11) is 3.12. The van der Waals surface area contributed by atoms with Crippen molar-refractivity contribution in [1.29, 1.82) is 0 Å². The monoisotopic (exact) mass is 357 g/mol. The molecule has 1 N–H and O–H groups in total. The van der Waals surface area contributed by atoms with E-state index < -0.39 is 4.92 Å². The molecular formula is C18H19N3O5. The van der Waals surface area contributed by atoms with Gasteiger partial charge in [-0.05, 0) is 43.3 Å². The molecule has 0 aliphatic carbocycles. The van der Waals surface area contributed by atoms with E-state index in [1.807, 2.05) is 0 Å². The predicted molar refractivity (Wildman–Crippen MR) is 98.0 cm³/mol. The summed E-state index contributed by atoms with van der Waals surface area (Å²) in [6, 6.07) is 11.0. The first kappa shape index (κ1) is 18.9. The van der Waals surface area contributed by atoms with Gasteiger partial charge in [-0.3, -0.25) is 19.7 Å². The molecule has 0 bridgehead atoms. The lowest BCUT2D eigenvalue weighted by atomic mass is 10.1. The van der Waals surface area contributed by atoms with Gasteiger partial charge in [0.2, 0.25) is 5.91 Å². The van der Waals surface area contributed by atoms with Gasteiger partial charge in [-0.15, -0.1) is 0 Å². The Balaban J connectivity index is 2.12. The first-order chi connectivity index (χ1) is 12.3. The first-order valence-electron chi connectivity index (χ1n) is 7.76. The fraction of sp³-hybridized carbons (Fsp3) is 0.222. The molecule has 2 aromatic carbocycles. The van der Waals surface area contributed by atoms with E-state index >= 15 is 0 Å². The smallest absolute Gasteiger partial charge is 0.293 e. The number of methoxy groups -OCH3 is 1. The van der Waals surface area contributed by atoms with Crippen LogP contribution >= 0.6 is 0 Å². The second-order valence-electron chi connectivity index (χ2n) is 5.65. The van der Waals surface area contributed by atoms with Crippen LogP contribution in [0.4, 0.5) is 17.1 Å². The lowest BCUT2D eigenvalue weighted by Crippen LogP contribution is -2.30. The molecule has 0 spiro atoms. The van der Waals surface area contributed by atoms with Gasteiger partial charge in [0.25, 0.3) is 5.69 Å². The molecule has 8 nitrogen and oxygen atoms in total. The molecule has 0 unspecified atom stereocenters. The third-order valence-electron chi connectivity index (χ3n) is 3.74. The Morgan fingerprint density at radius 3 is 2.38 bits per heavy atom. The second-order valence-corrected chi connectivity index (χ2v) is 5.65. The molecule has 2 rings (SSSR count). The zero-order valence-electron chi connectivity index (χ0n) is 14.7. The van der Waals surface area contributed by atoms with Gasteiger partial charge in [-0.1, -0.05) is 0 Å². The van der Waals surface area contributed by atoms with Crippen LogP contribution in [0.1, 0.15) is 17.3 Å². The second kappa shape index (κ2) is 8.11. The van der Waals surface area contributed by atoms with Crippen LogP contribution in [-0.4, -0.2) is 37.3 Å². The average Bonchev–Trinajstić information content (AvgIpc) is 2.61. The summed E-state index contributed by atoms with van der Waals surface area (Å²) in [5.74, 6) is 0.0727.